The SMILES string of the molecule is CCOc1ccccc1C(C)N[C@H](C)C1CCCCC1. The highest BCUT2D eigenvalue weighted by molar-refractivity contribution is 5.35. The van der Waals surface area contributed by atoms with Crippen molar-refractivity contribution in [3.63, 3.8) is 0 Å². The second kappa shape index (κ2) is 7.68. The Bertz CT molecular complexity index is 398. The fraction of sp³-hybridized carbons (Fsp3) is 0.667. The van der Waals surface area contributed by atoms with Gasteiger partial charge in [-0.15, -0.1) is 0 Å². The predicted octanol–water partition coefficient (Wildman–Crippen LogP) is 4.70. The van der Waals surface area contributed by atoms with Crippen LogP contribution in [-0.4, -0.2) is 12.6 Å². The summed E-state index contributed by atoms with van der Waals surface area (Å²) in [6, 6.07) is 9.32. The van der Waals surface area contributed by atoms with Crippen LogP contribution in [0.1, 0.15) is 64.5 Å². The fourth-order valence-corrected chi connectivity index (χ4v) is 3.38. The Kier molecular flexibility index (Phi) is 5.90. The van der Waals surface area contributed by atoms with Gasteiger partial charge >= 0.3 is 0 Å². The molecule has 1 N–H and O–H groups in total. The molecule has 0 bridgehead atoms. The van der Waals surface area contributed by atoms with Crippen molar-refractivity contribution in [3.05, 3.63) is 29.8 Å². The summed E-state index contributed by atoms with van der Waals surface area (Å²) in [6.07, 6.45) is 7.00. The lowest BCUT2D eigenvalue weighted by atomic mass is 9.84. The van der Waals surface area contributed by atoms with E-state index in [0.29, 0.717) is 12.1 Å². The van der Waals surface area contributed by atoms with Crippen molar-refractivity contribution >= 4 is 0 Å². The van der Waals surface area contributed by atoms with Gasteiger partial charge in [0, 0.05) is 17.6 Å². The van der Waals surface area contributed by atoms with E-state index in [0.717, 1.165) is 18.3 Å². The van der Waals surface area contributed by atoms with Gasteiger partial charge in [0.25, 0.3) is 0 Å². The first-order valence-electron chi connectivity index (χ1n) is 8.20. The van der Waals surface area contributed by atoms with Crippen LogP contribution in [0, 0.1) is 5.92 Å². The topological polar surface area (TPSA) is 21.3 Å². The van der Waals surface area contributed by atoms with E-state index in [1.807, 2.05) is 13.0 Å². The van der Waals surface area contributed by atoms with Gasteiger partial charge in [0.15, 0.2) is 0 Å². The molecule has 1 aromatic rings. The summed E-state index contributed by atoms with van der Waals surface area (Å²) in [5.74, 6) is 1.86. The van der Waals surface area contributed by atoms with Crippen LogP contribution in [-0.2, 0) is 0 Å². The van der Waals surface area contributed by atoms with Crippen LogP contribution >= 0.6 is 0 Å². The highest BCUT2D eigenvalue weighted by Crippen LogP contribution is 2.29. The Labute approximate surface area is 123 Å². The molecule has 1 saturated carbocycles. The molecule has 1 aromatic carbocycles. The summed E-state index contributed by atoms with van der Waals surface area (Å²) in [5, 5.41) is 3.78. The van der Waals surface area contributed by atoms with Crippen molar-refractivity contribution in [2.24, 2.45) is 5.92 Å². The van der Waals surface area contributed by atoms with Gasteiger partial charge in [0.1, 0.15) is 5.75 Å². The summed E-state index contributed by atoms with van der Waals surface area (Å²) >= 11 is 0. The van der Waals surface area contributed by atoms with Crippen molar-refractivity contribution < 1.29 is 4.74 Å². The lowest BCUT2D eigenvalue weighted by Crippen LogP contribution is -2.36. The van der Waals surface area contributed by atoms with E-state index in [2.05, 4.69) is 37.4 Å². The molecule has 2 nitrogen and oxygen atoms in total. The van der Waals surface area contributed by atoms with Gasteiger partial charge in [0.05, 0.1) is 6.61 Å². The van der Waals surface area contributed by atoms with Gasteiger partial charge in [-0.1, -0.05) is 37.5 Å². The molecular formula is C18H29NO. The van der Waals surface area contributed by atoms with Crippen LogP contribution in [0.4, 0.5) is 0 Å². The molecule has 0 amide bonds. The summed E-state index contributed by atoms with van der Waals surface area (Å²) in [6.45, 7) is 7.36. The van der Waals surface area contributed by atoms with Crippen LogP contribution in [0.3, 0.4) is 0 Å². The van der Waals surface area contributed by atoms with Gasteiger partial charge in [-0.25, -0.2) is 0 Å². The smallest absolute Gasteiger partial charge is 0.124 e. The minimum Gasteiger partial charge on any atom is -0.494 e. The van der Waals surface area contributed by atoms with E-state index in [1.165, 1.54) is 37.7 Å². The van der Waals surface area contributed by atoms with Crippen molar-refractivity contribution in [2.75, 3.05) is 6.61 Å². The molecule has 1 unspecified atom stereocenters. The van der Waals surface area contributed by atoms with Crippen molar-refractivity contribution in [2.45, 2.75) is 65.0 Å². The van der Waals surface area contributed by atoms with Gasteiger partial charge in [0.2, 0.25) is 0 Å². The molecule has 0 heterocycles. The highest BCUT2D eigenvalue weighted by atomic mass is 16.5. The molecule has 1 aliphatic carbocycles. The standard InChI is InChI=1S/C18H29NO/c1-4-20-18-13-9-8-12-17(18)15(3)19-14(2)16-10-6-5-7-11-16/h8-9,12-16,19H,4-7,10-11H2,1-3H3/t14-,15?/m1/s1. The first-order chi connectivity index (χ1) is 9.72. The zero-order valence-electron chi connectivity index (χ0n) is 13.2. The van der Waals surface area contributed by atoms with Gasteiger partial charge in [-0.3, -0.25) is 0 Å². The summed E-state index contributed by atoms with van der Waals surface area (Å²) < 4.78 is 5.75. The molecule has 0 radical (unpaired) electrons. The fourth-order valence-electron chi connectivity index (χ4n) is 3.38. The third-order valence-corrected chi connectivity index (χ3v) is 4.56. The Hall–Kier alpha value is -1.02. The average molecular weight is 275 g/mol. The molecule has 0 aromatic heterocycles. The predicted molar refractivity (Wildman–Crippen MR) is 85.2 cm³/mol. The number of hydrogen-bond acceptors (Lipinski definition) is 2. The summed E-state index contributed by atoms with van der Waals surface area (Å²) in [4.78, 5) is 0. The van der Waals surface area contributed by atoms with E-state index < -0.39 is 0 Å². The van der Waals surface area contributed by atoms with E-state index in [4.69, 9.17) is 4.74 Å². The molecule has 112 valence electrons. The third-order valence-electron chi connectivity index (χ3n) is 4.56. The number of nitrogens with one attached hydrogen (secondary N) is 1. The van der Waals surface area contributed by atoms with E-state index >= 15 is 0 Å². The lowest BCUT2D eigenvalue weighted by molar-refractivity contribution is 0.265. The maximum atomic E-state index is 5.75. The van der Waals surface area contributed by atoms with Crippen molar-refractivity contribution in [1.29, 1.82) is 0 Å². The van der Waals surface area contributed by atoms with Gasteiger partial charge in [-0.2, -0.15) is 0 Å². The van der Waals surface area contributed by atoms with Crippen LogP contribution in [0.25, 0.3) is 0 Å². The van der Waals surface area contributed by atoms with Crippen molar-refractivity contribution in [1.82, 2.24) is 5.32 Å². The quantitative estimate of drug-likeness (QED) is 0.812. The van der Waals surface area contributed by atoms with E-state index in [9.17, 15) is 0 Å². The second-order valence-corrected chi connectivity index (χ2v) is 6.05. The molecular weight excluding hydrogens is 246 g/mol. The Balaban J connectivity index is 1.98. The zero-order valence-corrected chi connectivity index (χ0v) is 13.2. The number of rotatable bonds is 6. The van der Waals surface area contributed by atoms with E-state index in [-0.39, 0.29) is 0 Å². The number of benzene rings is 1. The Morgan fingerprint density at radius 2 is 1.85 bits per heavy atom. The molecule has 2 atom stereocenters. The third kappa shape index (κ3) is 3.99. The lowest BCUT2D eigenvalue weighted by Gasteiger charge is -2.31. The van der Waals surface area contributed by atoms with Crippen LogP contribution in [0.5, 0.6) is 5.75 Å². The highest BCUT2D eigenvalue weighted by Gasteiger charge is 2.22. The maximum absolute atomic E-state index is 5.75. The van der Waals surface area contributed by atoms with Crippen LogP contribution in [0.15, 0.2) is 24.3 Å². The normalized spacial score (nSPS) is 19.6. The van der Waals surface area contributed by atoms with Crippen LogP contribution in [0.2, 0.25) is 0 Å². The van der Waals surface area contributed by atoms with Crippen molar-refractivity contribution in [3.8, 4) is 5.75 Å². The summed E-state index contributed by atoms with van der Waals surface area (Å²) in [5.41, 5.74) is 1.28. The molecule has 1 fully saturated rings. The van der Waals surface area contributed by atoms with Crippen LogP contribution < -0.4 is 10.1 Å². The number of ether oxygens (including phenoxy) is 1. The Morgan fingerprint density at radius 1 is 1.15 bits per heavy atom. The molecule has 0 saturated heterocycles. The minimum absolute atomic E-state index is 0.342. The molecule has 2 rings (SSSR count). The molecule has 2 heteroatoms. The molecule has 1 aliphatic rings. The van der Waals surface area contributed by atoms with Gasteiger partial charge < -0.3 is 10.1 Å². The maximum Gasteiger partial charge on any atom is 0.124 e. The van der Waals surface area contributed by atoms with Gasteiger partial charge in [-0.05, 0) is 45.6 Å². The first-order valence-corrected chi connectivity index (χ1v) is 8.20. The summed E-state index contributed by atoms with van der Waals surface area (Å²) in [7, 11) is 0. The molecule has 20 heavy (non-hydrogen) atoms. The molecule has 0 aliphatic heterocycles. The molecule has 0 spiro atoms. The average Bonchev–Trinajstić information content (AvgIpc) is 2.49. The number of para-hydroxylation sites is 1. The first kappa shape index (κ1) is 15.4. The van der Waals surface area contributed by atoms with E-state index in [1.54, 1.807) is 0 Å². The zero-order chi connectivity index (χ0) is 14.4. The Morgan fingerprint density at radius 3 is 2.55 bits per heavy atom. The number of hydrogen-bond donors (Lipinski definition) is 1. The second-order valence-electron chi connectivity index (χ2n) is 6.05. The minimum atomic E-state index is 0.342. The monoisotopic (exact) mass is 275 g/mol. The largest absolute Gasteiger partial charge is 0.494 e.